The number of benzene rings is 1. The van der Waals surface area contributed by atoms with E-state index in [1.807, 2.05) is 0 Å². The third-order valence-corrected chi connectivity index (χ3v) is 4.17. The van der Waals surface area contributed by atoms with E-state index in [4.69, 9.17) is 14.2 Å². The predicted octanol–water partition coefficient (Wildman–Crippen LogP) is 1.30. The standard InChI is InChI=1S/C14H18BrNO5/c1-19-11-5-9(6-12(20-2)13(11)15)14(18)16-3-4-21-8-10(16)7-17/h5-6,10,17H,3-4,7-8H2,1-2H3. The minimum absolute atomic E-state index is 0.128. The van der Waals surface area contributed by atoms with Crippen molar-refractivity contribution >= 4 is 21.8 Å². The van der Waals surface area contributed by atoms with E-state index in [0.29, 0.717) is 41.3 Å². The second kappa shape index (κ2) is 7.11. The van der Waals surface area contributed by atoms with Gasteiger partial charge in [0.25, 0.3) is 5.91 Å². The highest BCUT2D eigenvalue weighted by atomic mass is 79.9. The van der Waals surface area contributed by atoms with Crippen LogP contribution in [0.1, 0.15) is 10.4 Å². The lowest BCUT2D eigenvalue weighted by Gasteiger charge is -2.34. The van der Waals surface area contributed by atoms with E-state index in [2.05, 4.69) is 15.9 Å². The number of aliphatic hydroxyl groups excluding tert-OH is 1. The summed E-state index contributed by atoms with van der Waals surface area (Å²) in [5, 5.41) is 9.37. The zero-order valence-corrected chi connectivity index (χ0v) is 13.6. The molecule has 116 valence electrons. The Morgan fingerprint density at radius 1 is 1.43 bits per heavy atom. The highest BCUT2D eigenvalue weighted by Gasteiger charge is 2.28. The maximum Gasteiger partial charge on any atom is 0.254 e. The highest BCUT2D eigenvalue weighted by Crippen LogP contribution is 2.36. The third kappa shape index (κ3) is 3.30. The summed E-state index contributed by atoms with van der Waals surface area (Å²) >= 11 is 3.37. The van der Waals surface area contributed by atoms with Crippen LogP contribution in [-0.4, -0.2) is 62.5 Å². The quantitative estimate of drug-likeness (QED) is 0.877. The molecule has 6 nitrogen and oxygen atoms in total. The molecule has 1 aliphatic heterocycles. The molecule has 1 atom stereocenters. The topological polar surface area (TPSA) is 68.2 Å². The molecule has 1 amide bonds. The van der Waals surface area contributed by atoms with E-state index in [1.54, 1.807) is 17.0 Å². The molecule has 1 aromatic carbocycles. The Balaban J connectivity index is 2.33. The number of carbonyl (C=O) groups is 1. The number of hydrogen-bond donors (Lipinski definition) is 1. The van der Waals surface area contributed by atoms with Crippen molar-refractivity contribution in [1.82, 2.24) is 4.90 Å². The van der Waals surface area contributed by atoms with Gasteiger partial charge in [-0.3, -0.25) is 4.79 Å². The van der Waals surface area contributed by atoms with Gasteiger partial charge in [0.2, 0.25) is 0 Å². The minimum atomic E-state index is -0.327. The number of morpholine rings is 1. The summed E-state index contributed by atoms with van der Waals surface area (Å²) in [5.41, 5.74) is 0.451. The second-order valence-corrected chi connectivity index (χ2v) is 5.40. The van der Waals surface area contributed by atoms with Gasteiger partial charge in [-0.15, -0.1) is 0 Å². The first kappa shape index (κ1) is 16.1. The normalized spacial score (nSPS) is 18.5. The van der Waals surface area contributed by atoms with Gasteiger partial charge in [0.05, 0.1) is 40.1 Å². The van der Waals surface area contributed by atoms with Gasteiger partial charge in [0.15, 0.2) is 0 Å². The van der Waals surface area contributed by atoms with Gasteiger partial charge >= 0.3 is 0 Å². The Morgan fingerprint density at radius 3 is 2.57 bits per heavy atom. The van der Waals surface area contributed by atoms with Gasteiger partial charge in [0, 0.05) is 12.1 Å². The Hall–Kier alpha value is -1.31. The molecule has 0 spiro atoms. The lowest BCUT2D eigenvalue weighted by atomic mass is 10.1. The van der Waals surface area contributed by atoms with Crippen molar-refractivity contribution in [2.75, 3.05) is 40.6 Å². The minimum Gasteiger partial charge on any atom is -0.495 e. The molecule has 7 heteroatoms. The smallest absolute Gasteiger partial charge is 0.254 e. The number of methoxy groups -OCH3 is 2. The van der Waals surface area contributed by atoms with Crippen LogP contribution in [0.15, 0.2) is 16.6 Å². The Bertz CT molecular complexity index is 497. The average molecular weight is 360 g/mol. The molecule has 0 saturated carbocycles. The summed E-state index contributed by atoms with van der Waals surface area (Å²) in [5.74, 6) is 0.861. The molecule has 0 radical (unpaired) electrons. The monoisotopic (exact) mass is 359 g/mol. The Morgan fingerprint density at radius 2 is 2.05 bits per heavy atom. The van der Waals surface area contributed by atoms with Crippen LogP contribution in [-0.2, 0) is 4.74 Å². The molecule has 0 aromatic heterocycles. The molecule has 1 aromatic rings. The largest absolute Gasteiger partial charge is 0.495 e. The lowest BCUT2D eigenvalue weighted by molar-refractivity contribution is -0.0184. The van der Waals surface area contributed by atoms with E-state index in [-0.39, 0.29) is 18.6 Å². The third-order valence-electron chi connectivity index (χ3n) is 3.39. The molecule has 0 aliphatic carbocycles. The second-order valence-electron chi connectivity index (χ2n) is 4.60. The van der Waals surface area contributed by atoms with Crippen LogP contribution in [0.2, 0.25) is 0 Å². The summed E-state index contributed by atoms with van der Waals surface area (Å²) in [6, 6.07) is 2.98. The number of ether oxygens (including phenoxy) is 3. The SMILES string of the molecule is COc1cc(C(=O)N2CCOCC2CO)cc(OC)c1Br. The highest BCUT2D eigenvalue weighted by molar-refractivity contribution is 9.10. The van der Waals surface area contributed by atoms with Gasteiger partial charge in [-0.05, 0) is 28.1 Å². The molecule has 1 aliphatic rings. The van der Waals surface area contributed by atoms with Gasteiger partial charge in [-0.2, -0.15) is 0 Å². The van der Waals surface area contributed by atoms with Crippen molar-refractivity contribution in [3.8, 4) is 11.5 Å². The number of carbonyl (C=O) groups excluding carboxylic acids is 1. The van der Waals surface area contributed by atoms with Crippen molar-refractivity contribution in [1.29, 1.82) is 0 Å². The summed E-state index contributed by atoms with van der Waals surface area (Å²) in [7, 11) is 3.05. The van der Waals surface area contributed by atoms with E-state index >= 15 is 0 Å². The van der Waals surface area contributed by atoms with Crippen molar-refractivity contribution in [2.45, 2.75) is 6.04 Å². The van der Waals surface area contributed by atoms with Crippen LogP contribution in [0.4, 0.5) is 0 Å². The number of aliphatic hydroxyl groups is 1. The summed E-state index contributed by atoms with van der Waals surface area (Å²) < 4.78 is 16.4. The first-order chi connectivity index (χ1) is 10.1. The van der Waals surface area contributed by atoms with Gasteiger partial charge in [-0.25, -0.2) is 0 Å². The number of halogens is 1. The molecule has 1 saturated heterocycles. The van der Waals surface area contributed by atoms with E-state index in [1.165, 1.54) is 14.2 Å². The molecule has 0 bridgehead atoms. The summed E-state index contributed by atoms with van der Waals surface area (Å²) in [4.78, 5) is 14.3. The van der Waals surface area contributed by atoms with Crippen molar-refractivity contribution < 1.29 is 24.1 Å². The molecule has 1 N–H and O–H groups in total. The van der Waals surface area contributed by atoms with E-state index in [0.717, 1.165) is 0 Å². The number of nitrogens with zero attached hydrogens (tertiary/aromatic N) is 1. The van der Waals surface area contributed by atoms with E-state index < -0.39 is 0 Å². The molecular formula is C14H18BrNO5. The van der Waals surface area contributed by atoms with Crippen molar-refractivity contribution in [3.63, 3.8) is 0 Å². The summed E-state index contributed by atoms with van der Waals surface area (Å²) in [6.07, 6.45) is 0. The van der Waals surface area contributed by atoms with Gasteiger partial charge in [0.1, 0.15) is 16.0 Å². The molecule has 1 unspecified atom stereocenters. The van der Waals surface area contributed by atoms with Crippen LogP contribution in [0.25, 0.3) is 0 Å². The maximum atomic E-state index is 12.6. The number of amides is 1. The first-order valence-corrected chi connectivity index (χ1v) is 7.32. The van der Waals surface area contributed by atoms with Crippen molar-refractivity contribution in [2.24, 2.45) is 0 Å². The van der Waals surface area contributed by atoms with Crippen molar-refractivity contribution in [3.05, 3.63) is 22.2 Å². The fraction of sp³-hybridized carbons (Fsp3) is 0.500. The molecule has 1 fully saturated rings. The molecular weight excluding hydrogens is 342 g/mol. The van der Waals surface area contributed by atoms with Gasteiger partial charge < -0.3 is 24.2 Å². The number of rotatable bonds is 4. The fourth-order valence-electron chi connectivity index (χ4n) is 2.23. The zero-order valence-electron chi connectivity index (χ0n) is 12.0. The Kier molecular flexibility index (Phi) is 5.44. The van der Waals surface area contributed by atoms with Crippen LogP contribution < -0.4 is 9.47 Å². The molecule has 1 heterocycles. The van der Waals surface area contributed by atoms with Crippen LogP contribution in [0.5, 0.6) is 11.5 Å². The van der Waals surface area contributed by atoms with Gasteiger partial charge in [-0.1, -0.05) is 0 Å². The predicted molar refractivity (Wildman–Crippen MR) is 80.0 cm³/mol. The number of hydrogen-bond acceptors (Lipinski definition) is 5. The zero-order chi connectivity index (χ0) is 15.4. The fourth-order valence-corrected chi connectivity index (χ4v) is 2.78. The van der Waals surface area contributed by atoms with E-state index in [9.17, 15) is 9.90 Å². The lowest BCUT2D eigenvalue weighted by Crippen LogP contribution is -2.50. The molecule has 21 heavy (non-hydrogen) atoms. The summed E-state index contributed by atoms with van der Waals surface area (Å²) in [6.45, 7) is 1.13. The Labute approximate surface area is 131 Å². The first-order valence-electron chi connectivity index (χ1n) is 6.53. The van der Waals surface area contributed by atoms with Crippen LogP contribution >= 0.6 is 15.9 Å². The van der Waals surface area contributed by atoms with Crippen LogP contribution in [0.3, 0.4) is 0 Å². The maximum absolute atomic E-state index is 12.6. The van der Waals surface area contributed by atoms with Crippen LogP contribution in [0, 0.1) is 0 Å². The average Bonchev–Trinajstić information content (AvgIpc) is 2.54. The molecule has 2 rings (SSSR count).